The molecule has 0 spiro atoms. The van der Waals surface area contributed by atoms with E-state index < -0.39 is 23.6 Å². The van der Waals surface area contributed by atoms with Crippen molar-refractivity contribution in [1.29, 1.82) is 0 Å². The first-order valence-electron chi connectivity index (χ1n) is 8.60. The first-order valence-corrected chi connectivity index (χ1v) is 9.59. The predicted molar refractivity (Wildman–Crippen MR) is 102 cm³/mol. The molecule has 1 aliphatic rings. The fourth-order valence-electron chi connectivity index (χ4n) is 3.27. The maximum Gasteiger partial charge on any atom is 0.419 e. The highest BCUT2D eigenvalue weighted by molar-refractivity contribution is 8.14. The van der Waals surface area contributed by atoms with E-state index in [1.807, 2.05) is 32.0 Å². The Morgan fingerprint density at radius 2 is 1.85 bits per heavy atom. The van der Waals surface area contributed by atoms with Crippen molar-refractivity contribution in [3.05, 3.63) is 70.0 Å². The van der Waals surface area contributed by atoms with Crippen LogP contribution in [0.25, 0.3) is 0 Å². The second-order valence-corrected chi connectivity index (χ2v) is 7.72. The third kappa shape index (κ3) is 4.83. The van der Waals surface area contributed by atoms with Crippen LogP contribution in [0.5, 0.6) is 0 Å². The summed E-state index contributed by atoms with van der Waals surface area (Å²) in [6, 6.07) is 8.75. The molecule has 0 aromatic heterocycles. The SMILES string of the molecule is Cc1cc(C)cc(CC(NC2=NCCS2)c2cccc(C(F)(F)F)c2F)c1. The summed E-state index contributed by atoms with van der Waals surface area (Å²) in [7, 11) is 0. The topological polar surface area (TPSA) is 24.4 Å². The Morgan fingerprint density at radius 3 is 2.44 bits per heavy atom. The number of thioether (sulfide) groups is 1. The molecule has 1 heterocycles. The van der Waals surface area contributed by atoms with E-state index in [0.717, 1.165) is 28.5 Å². The van der Waals surface area contributed by atoms with E-state index in [2.05, 4.69) is 10.3 Å². The summed E-state index contributed by atoms with van der Waals surface area (Å²) in [5.41, 5.74) is 1.81. The van der Waals surface area contributed by atoms with Crippen molar-refractivity contribution in [2.24, 2.45) is 4.99 Å². The summed E-state index contributed by atoms with van der Waals surface area (Å²) in [4.78, 5) is 4.30. The van der Waals surface area contributed by atoms with Gasteiger partial charge in [0.1, 0.15) is 5.82 Å². The number of nitrogens with one attached hydrogen (secondary N) is 1. The third-order valence-corrected chi connectivity index (χ3v) is 5.22. The Kier molecular flexibility index (Phi) is 5.79. The Morgan fingerprint density at radius 1 is 1.15 bits per heavy atom. The van der Waals surface area contributed by atoms with Crippen molar-refractivity contribution in [3.63, 3.8) is 0 Å². The smallest absolute Gasteiger partial charge is 0.358 e. The van der Waals surface area contributed by atoms with Crippen LogP contribution in [0.4, 0.5) is 17.6 Å². The van der Waals surface area contributed by atoms with Crippen molar-refractivity contribution < 1.29 is 17.6 Å². The average Bonchev–Trinajstić information content (AvgIpc) is 3.05. The third-order valence-electron chi connectivity index (χ3n) is 4.31. The number of nitrogens with zero attached hydrogens (tertiary/aromatic N) is 1. The predicted octanol–water partition coefficient (Wildman–Crippen LogP) is 5.44. The maximum absolute atomic E-state index is 14.7. The number of aliphatic imine (C=N–C) groups is 1. The van der Waals surface area contributed by atoms with Gasteiger partial charge in [0.05, 0.1) is 18.2 Å². The molecule has 0 saturated heterocycles. The molecule has 7 heteroatoms. The number of aryl methyl sites for hydroxylation is 2. The highest BCUT2D eigenvalue weighted by Crippen LogP contribution is 2.35. The van der Waals surface area contributed by atoms with Gasteiger partial charge in [-0.15, -0.1) is 0 Å². The van der Waals surface area contributed by atoms with Gasteiger partial charge in [0, 0.05) is 11.3 Å². The van der Waals surface area contributed by atoms with Crippen molar-refractivity contribution in [3.8, 4) is 0 Å². The van der Waals surface area contributed by atoms with Gasteiger partial charge in [0.2, 0.25) is 0 Å². The molecule has 0 saturated carbocycles. The van der Waals surface area contributed by atoms with Crippen LogP contribution in [0.2, 0.25) is 0 Å². The van der Waals surface area contributed by atoms with Gasteiger partial charge >= 0.3 is 6.18 Å². The molecule has 144 valence electrons. The standard InChI is InChI=1S/C20H20F4N2S/c1-12-8-13(2)10-14(9-12)11-17(26-19-25-6-7-27-19)15-4-3-5-16(18(15)21)20(22,23)24/h3-5,8-10,17H,6-7,11H2,1-2H3,(H,25,26). The van der Waals surface area contributed by atoms with Crippen molar-refractivity contribution >= 4 is 16.9 Å². The van der Waals surface area contributed by atoms with E-state index in [9.17, 15) is 17.6 Å². The lowest BCUT2D eigenvalue weighted by Crippen LogP contribution is -2.28. The van der Waals surface area contributed by atoms with E-state index in [4.69, 9.17) is 0 Å². The van der Waals surface area contributed by atoms with Gasteiger partial charge in [-0.25, -0.2) is 4.39 Å². The largest absolute Gasteiger partial charge is 0.419 e. The zero-order valence-corrected chi connectivity index (χ0v) is 15.8. The molecule has 1 N–H and O–H groups in total. The molecule has 0 amide bonds. The van der Waals surface area contributed by atoms with Gasteiger partial charge in [-0.1, -0.05) is 53.2 Å². The number of benzene rings is 2. The number of hydrogen-bond donors (Lipinski definition) is 1. The van der Waals surface area contributed by atoms with Crippen LogP contribution in [-0.4, -0.2) is 17.5 Å². The van der Waals surface area contributed by atoms with Crippen LogP contribution in [0.3, 0.4) is 0 Å². The van der Waals surface area contributed by atoms with Gasteiger partial charge in [0.15, 0.2) is 5.17 Å². The molecular weight excluding hydrogens is 376 g/mol. The lowest BCUT2D eigenvalue weighted by molar-refractivity contribution is -0.140. The first kappa shape index (κ1) is 19.7. The normalized spacial score (nSPS) is 15.6. The van der Waals surface area contributed by atoms with E-state index in [1.165, 1.54) is 23.9 Å². The van der Waals surface area contributed by atoms with Crippen molar-refractivity contribution in [2.45, 2.75) is 32.5 Å². The molecule has 2 aromatic carbocycles. The second kappa shape index (κ2) is 7.92. The zero-order chi connectivity index (χ0) is 19.6. The number of amidine groups is 1. The number of hydrogen-bond acceptors (Lipinski definition) is 3. The van der Waals surface area contributed by atoms with Crippen LogP contribution in [0.15, 0.2) is 41.4 Å². The molecule has 1 unspecified atom stereocenters. The van der Waals surface area contributed by atoms with Crippen LogP contribution < -0.4 is 5.32 Å². The van der Waals surface area contributed by atoms with Crippen LogP contribution >= 0.6 is 11.8 Å². The molecule has 0 radical (unpaired) electrons. The van der Waals surface area contributed by atoms with Crippen LogP contribution in [-0.2, 0) is 12.6 Å². The minimum atomic E-state index is -4.73. The first-order chi connectivity index (χ1) is 12.7. The number of halogens is 4. The Hall–Kier alpha value is -2.02. The lowest BCUT2D eigenvalue weighted by Gasteiger charge is -2.22. The summed E-state index contributed by atoms with van der Waals surface area (Å²) < 4.78 is 54.2. The molecule has 1 aliphatic heterocycles. The Balaban J connectivity index is 1.99. The second-order valence-electron chi connectivity index (χ2n) is 6.64. The molecule has 0 fully saturated rings. The monoisotopic (exact) mass is 396 g/mol. The van der Waals surface area contributed by atoms with Gasteiger partial charge in [0.25, 0.3) is 0 Å². The van der Waals surface area contributed by atoms with Crippen molar-refractivity contribution in [2.75, 3.05) is 12.3 Å². The average molecular weight is 396 g/mol. The summed E-state index contributed by atoms with van der Waals surface area (Å²) in [6.45, 7) is 4.57. The minimum absolute atomic E-state index is 0.000755. The molecule has 0 bridgehead atoms. The van der Waals surface area contributed by atoms with Crippen molar-refractivity contribution in [1.82, 2.24) is 5.32 Å². The summed E-state index contributed by atoms with van der Waals surface area (Å²) in [6.07, 6.45) is -4.37. The van der Waals surface area contributed by atoms with Gasteiger partial charge in [-0.05, 0) is 31.9 Å². The minimum Gasteiger partial charge on any atom is -0.358 e. The fraction of sp³-hybridized carbons (Fsp3) is 0.350. The summed E-state index contributed by atoms with van der Waals surface area (Å²) in [5, 5.41) is 3.78. The zero-order valence-electron chi connectivity index (χ0n) is 15.0. The van der Waals surface area contributed by atoms with E-state index >= 15 is 0 Å². The van der Waals surface area contributed by atoms with E-state index in [1.54, 1.807) is 0 Å². The molecular formula is C20H20F4N2S. The highest BCUT2D eigenvalue weighted by Gasteiger charge is 2.36. The summed E-state index contributed by atoms with van der Waals surface area (Å²) in [5.74, 6) is -0.417. The van der Waals surface area contributed by atoms with Crippen LogP contribution in [0.1, 0.15) is 33.9 Å². The maximum atomic E-state index is 14.7. The number of rotatable bonds is 4. The molecule has 1 atom stereocenters. The Labute approximate surface area is 160 Å². The Bertz CT molecular complexity index is 841. The molecule has 2 aromatic rings. The van der Waals surface area contributed by atoms with Gasteiger partial charge in [-0.2, -0.15) is 13.2 Å². The molecule has 3 rings (SSSR count). The lowest BCUT2D eigenvalue weighted by atomic mass is 9.95. The molecule has 27 heavy (non-hydrogen) atoms. The van der Waals surface area contributed by atoms with E-state index in [0.29, 0.717) is 18.1 Å². The summed E-state index contributed by atoms with van der Waals surface area (Å²) >= 11 is 1.49. The molecule has 2 nitrogen and oxygen atoms in total. The van der Waals surface area contributed by atoms with Crippen LogP contribution in [0, 0.1) is 19.7 Å². The van der Waals surface area contributed by atoms with Gasteiger partial charge in [-0.3, -0.25) is 4.99 Å². The molecule has 0 aliphatic carbocycles. The highest BCUT2D eigenvalue weighted by atomic mass is 32.2. The van der Waals surface area contributed by atoms with E-state index in [-0.39, 0.29) is 5.56 Å². The van der Waals surface area contributed by atoms with Gasteiger partial charge < -0.3 is 5.32 Å². The fourth-order valence-corrected chi connectivity index (χ4v) is 4.05. The quantitative estimate of drug-likeness (QED) is 0.696. The number of alkyl halides is 3.